The molecule has 98 valence electrons. The summed E-state index contributed by atoms with van der Waals surface area (Å²) in [7, 11) is 0. The smallest absolute Gasteiger partial charge is 0.248 e. The maximum atomic E-state index is 11.4. The first-order valence-electron chi connectivity index (χ1n) is 6.32. The Hall–Kier alpha value is -2.87. The minimum atomic E-state index is -0.157. The van der Waals surface area contributed by atoms with Crippen LogP contribution < -0.4 is 5.56 Å². The number of pyridine rings is 1. The highest BCUT2D eigenvalue weighted by Crippen LogP contribution is 2.24. The lowest BCUT2D eigenvalue weighted by molar-refractivity contribution is 0.796. The van der Waals surface area contributed by atoms with Gasteiger partial charge in [0, 0.05) is 24.4 Å². The highest BCUT2D eigenvalue weighted by molar-refractivity contribution is 5.81. The first-order chi connectivity index (χ1) is 9.72. The third-order valence-corrected chi connectivity index (χ3v) is 3.23. The predicted molar refractivity (Wildman–Crippen MR) is 76.2 cm³/mol. The van der Waals surface area contributed by atoms with Crippen LogP contribution in [-0.4, -0.2) is 14.5 Å². The largest absolute Gasteiger partial charge is 0.329 e. The second kappa shape index (κ2) is 4.67. The monoisotopic (exact) mass is 264 g/mol. The summed E-state index contributed by atoms with van der Waals surface area (Å²) >= 11 is 0. The Balaban J connectivity index is 2.30. The average Bonchev–Trinajstić information content (AvgIpc) is 2.84. The molecule has 5 nitrogen and oxygen atoms in total. The number of rotatable bonds is 2. The number of imidazole rings is 1. The first kappa shape index (κ1) is 12.2. The zero-order chi connectivity index (χ0) is 14.1. The molecule has 0 fully saturated rings. The molecule has 0 radical (unpaired) electrons. The summed E-state index contributed by atoms with van der Waals surface area (Å²) in [6, 6.07) is 10.9. The SMILES string of the molecule is CCn1c(-c2cc[nH]c(=O)c2)nc2cc(C#N)ccc21. The second-order valence-electron chi connectivity index (χ2n) is 4.44. The number of hydrogen-bond acceptors (Lipinski definition) is 3. The van der Waals surface area contributed by atoms with E-state index in [0.29, 0.717) is 5.56 Å². The molecule has 1 N–H and O–H groups in total. The molecule has 0 bridgehead atoms. The molecular formula is C15H12N4O. The van der Waals surface area contributed by atoms with E-state index in [1.807, 2.05) is 23.6 Å². The molecule has 0 aliphatic heterocycles. The van der Waals surface area contributed by atoms with Crippen molar-refractivity contribution in [3.05, 3.63) is 52.4 Å². The summed E-state index contributed by atoms with van der Waals surface area (Å²) in [5.41, 5.74) is 2.92. The van der Waals surface area contributed by atoms with Crippen molar-refractivity contribution in [2.75, 3.05) is 0 Å². The third kappa shape index (κ3) is 1.88. The Morgan fingerprint density at radius 2 is 2.20 bits per heavy atom. The highest BCUT2D eigenvalue weighted by Gasteiger charge is 2.12. The van der Waals surface area contributed by atoms with Crippen molar-refractivity contribution in [2.45, 2.75) is 13.5 Å². The molecule has 3 aromatic rings. The van der Waals surface area contributed by atoms with E-state index in [1.165, 1.54) is 6.07 Å². The average molecular weight is 264 g/mol. The molecule has 0 amide bonds. The van der Waals surface area contributed by atoms with Crippen LogP contribution in [0.15, 0.2) is 41.3 Å². The van der Waals surface area contributed by atoms with Gasteiger partial charge in [0.2, 0.25) is 5.56 Å². The van der Waals surface area contributed by atoms with Gasteiger partial charge in [-0.2, -0.15) is 5.26 Å². The number of nitrogens with one attached hydrogen (secondary N) is 1. The van der Waals surface area contributed by atoms with Crippen LogP contribution in [0.4, 0.5) is 0 Å². The lowest BCUT2D eigenvalue weighted by Crippen LogP contribution is -2.04. The number of nitrogens with zero attached hydrogens (tertiary/aromatic N) is 3. The van der Waals surface area contributed by atoms with Crippen LogP contribution in [0.25, 0.3) is 22.4 Å². The van der Waals surface area contributed by atoms with Gasteiger partial charge in [0.15, 0.2) is 0 Å². The van der Waals surface area contributed by atoms with Crippen LogP contribution in [0.1, 0.15) is 12.5 Å². The van der Waals surface area contributed by atoms with Crippen LogP contribution in [0.3, 0.4) is 0 Å². The van der Waals surface area contributed by atoms with Crippen molar-refractivity contribution in [3.8, 4) is 17.5 Å². The van der Waals surface area contributed by atoms with Gasteiger partial charge in [0.1, 0.15) is 5.82 Å². The first-order valence-corrected chi connectivity index (χ1v) is 6.32. The Morgan fingerprint density at radius 3 is 2.90 bits per heavy atom. The van der Waals surface area contributed by atoms with Gasteiger partial charge in [-0.15, -0.1) is 0 Å². The van der Waals surface area contributed by atoms with E-state index in [4.69, 9.17) is 5.26 Å². The fraction of sp³-hybridized carbons (Fsp3) is 0.133. The van der Waals surface area contributed by atoms with E-state index < -0.39 is 0 Å². The summed E-state index contributed by atoms with van der Waals surface area (Å²) in [5.74, 6) is 0.740. The Kier molecular flexibility index (Phi) is 2.84. The molecule has 0 aliphatic carbocycles. The summed E-state index contributed by atoms with van der Waals surface area (Å²) in [4.78, 5) is 18.6. The quantitative estimate of drug-likeness (QED) is 0.771. The topological polar surface area (TPSA) is 74.5 Å². The van der Waals surface area contributed by atoms with E-state index in [9.17, 15) is 4.79 Å². The second-order valence-corrected chi connectivity index (χ2v) is 4.44. The zero-order valence-electron chi connectivity index (χ0n) is 10.9. The molecule has 0 saturated heterocycles. The molecule has 0 atom stereocenters. The molecule has 2 aromatic heterocycles. The van der Waals surface area contributed by atoms with Gasteiger partial charge in [0.05, 0.1) is 22.7 Å². The molecule has 1 aromatic carbocycles. The van der Waals surface area contributed by atoms with Gasteiger partial charge in [-0.05, 0) is 31.2 Å². The van der Waals surface area contributed by atoms with E-state index in [2.05, 4.69) is 16.0 Å². The predicted octanol–water partition coefficient (Wildman–Crippen LogP) is 2.28. The van der Waals surface area contributed by atoms with E-state index >= 15 is 0 Å². The minimum absolute atomic E-state index is 0.157. The molecule has 0 aliphatic rings. The van der Waals surface area contributed by atoms with Crippen LogP contribution in [0.2, 0.25) is 0 Å². The van der Waals surface area contributed by atoms with Crippen molar-refractivity contribution in [3.63, 3.8) is 0 Å². The lowest BCUT2D eigenvalue weighted by atomic mass is 10.2. The molecule has 0 unspecified atom stereocenters. The molecule has 3 rings (SSSR count). The number of fused-ring (bicyclic) bond motifs is 1. The van der Waals surface area contributed by atoms with Crippen LogP contribution in [-0.2, 0) is 6.54 Å². The fourth-order valence-corrected chi connectivity index (χ4v) is 2.32. The number of hydrogen-bond donors (Lipinski definition) is 1. The van der Waals surface area contributed by atoms with Crippen molar-refractivity contribution >= 4 is 11.0 Å². The van der Waals surface area contributed by atoms with Gasteiger partial charge < -0.3 is 9.55 Å². The fourth-order valence-electron chi connectivity index (χ4n) is 2.32. The van der Waals surface area contributed by atoms with Crippen molar-refractivity contribution < 1.29 is 0 Å². The molecule has 0 spiro atoms. The summed E-state index contributed by atoms with van der Waals surface area (Å²) in [6.45, 7) is 2.76. The summed E-state index contributed by atoms with van der Waals surface area (Å²) in [6.07, 6.45) is 1.61. The van der Waals surface area contributed by atoms with Gasteiger partial charge in [-0.3, -0.25) is 4.79 Å². The summed E-state index contributed by atoms with van der Waals surface area (Å²) in [5, 5.41) is 8.95. The number of nitriles is 1. The molecule has 5 heteroatoms. The van der Waals surface area contributed by atoms with E-state index in [-0.39, 0.29) is 5.56 Å². The zero-order valence-corrected chi connectivity index (χ0v) is 10.9. The number of aromatic nitrogens is 3. The summed E-state index contributed by atoms with van der Waals surface area (Å²) < 4.78 is 2.03. The van der Waals surface area contributed by atoms with Crippen LogP contribution in [0, 0.1) is 11.3 Å². The number of aromatic amines is 1. The Morgan fingerprint density at radius 1 is 1.35 bits per heavy atom. The lowest BCUT2D eigenvalue weighted by Gasteiger charge is -2.05. The maximum absolute atomic E-state index is 11.4. The number of benzene rings is 1. The third-order valence-electron chi connectivity index (χ3n) is 3.23. The van der Waals surface area contributed by atoms with Gasteiger partial charge >= 0.3 is 0 Å². The normalized spacial score (nSPS) is 10.6. The van der Waals surface area contributed by atoms with Gasteiger partial charge in [-0.1, -0.05) is 0 Å². The van der Waals surface area contributed by atoms with Gasteiger partial charge in [0.25, 0.3) is 0 Å². The van der Waals surface area contributed by atoms with Crippen molar-refractivity contribution in [1.82, 2.24) is 14.5 Å². The molecular weight excluding hydrogens is 252 g/mol. The highest BCUT2D eigenvalue weighted by atomic mass is 16.1. The molecule has 2 heterocycles. The van der Waals surface area contributed by atoms with E-state index in [0.717, 1.165) is 29.0 Å². The Labute approximate surface area is 115 Å². The van der Waals surface area contributed by atoms with Crippen LogP contribution in [0.5, 0.6) is 0 Å². The van der Waals surface area contributed by atoms with Gasteiger partial charge in [-0.25, -0.2) is 4.98 Å². The maximum Gasteiger partial charge on any atom is 0.248 e. The van der Waals surface area contributed by atoms with Crippen molar-refractivity contribution in [1.29, 1.82) is 5.26 Å². The van der Waals surface area contributed by atoms with Crippen LogP contribution >= 0.6 is 0 Å². The molecule has 0 saturated carbocycles. The Bertz CT molecular complexity index is 883. The van der Waals surface area contributed by atoms with E-state index in [1.54, 1.807) is 18.3 Å². The number of H-pyrrole nitrogens is 1. The van der Waals surface area contributed by atoms with Crippen molar-refractivity contribution in [2.24, 2.45) is 0 Å². The standard InChI is InChI=1S/C15H12N4O/c1-2-19-13-4-3-10(9-16)7-12(13)18-15(19)11-5-6-17-14(20)8-11/h3-8H,2H2,1H3,(H,17,20). The number of aryl methyl sites for hydroxylation is 1. The minimum Gasteiger partial charge on any atom is -0.329 e. The molecule has 20 heavy (non-hydrogen) atoms.